The average molecular weight is 307 g/mol. The van der Waals surface area contributed by atoms with Crippen molar-refractivity contribution in [2.24, 2.45) is 0 Å². The number of hydrogen-bond acceptors (Lipinski definition) is 5. The van der Waals surface area contributed by atoms with Crippen molar-refractivity contribution in [3.8, 4) is 0 Å². The van der Waals surface area contributed by atoms with Gasteiger partial charge in [0.2, 0.25) is 0 Å². The third-order valence-corrected chi connectivity index (χ3v) is 3.73. The molecule has 0 unspecified atom stereocenters. The Morgan fingerprint density at radius 1 is 1.27 bits per heavy atom. The molecule has 5 heteroatoms. The normalized spacial score (nSPS) is 17.1. The number of aliphatic hydroxyl groups excluding tert-OH is 1. The van der Waals surface area contributed by atoms with Crippen LogP contribution in [0, 0.1) is 0 Å². The maximum Gasteiger partial charge on any atom is 0.306 e. The van der Waals surface area contributed by atoms with Crippen molar-refractivity contribution < 1.29 is 19.4 Å². The number of carbonyl (C=O) groups is 1. The topological polar surface area (TPSA) is 59.0 Å². The predicted octanol–water partition coefficient (Wildman–Crippen LogP) is 1.59. The van der Waals surface area contributed by atoms with E-state index >= 15 is 0 Å². The molecule has 1 fully saturated rings. The number of benzene rings is 1. The van der Waals surface area contributed by atoms with E-state index < -0.39 is 0 Å². The molecule has 2 rings (SSSR count). The molecule has 1 aliphatic heterocycles. The molecule has 0 amide bonds. The van der Waals surface area contributed by atoms with E-state index in [2.05, 4.69) is 4.90 Å². The molecule has 0 spiro atoms. The number of β-amino-alcohol motifs (C(OH)–C–C–N with tert-alkyl or cyclic N) is 1. The van der Waals surface area contributed by atoms with E-state index in [1.807, 2.05) is 30.3 Å². The fourth-order valence-corrected chi connectivity index (χ4v) is 2.47. The second-order valence-electron chi connectivity index (χ2n) is 5.61. The Morgan fingerprint density at radius 2 is 2.00 bits per heavy atom. The Morgan fingerprint density at radius 3 is 2.73 bits per heavy atom. The van der Waals surface area contributed by atoms with Gasteiger partial charge < -0.3 is 14.6 Å². The van der Waals surface area contributed by atoms with Crippen LogP contribution in [0.5, 0.6) is 0 Å². The Bertz CT molecular complexity index is 432. The van der Waals surface area contributed by atoms with Crippen molar-refractivity contribution in [2.45, 2.75) is 32.0 Å². The van der Waals surface area contributed by atoms with Gasteiger partial charge in [0.05, 0.1) is 19.3 Å². The summed E-state index contributed by atoms with van der Waals surface area (Å²) in [6, 6.07) is 9.64. The molecular formula is C17H25NO4. The standard InChI is InChI=1S/C17H25NO4/c19-16(13-18-9-11-21-12-10-18)7-4-8-17(20)22-14-15-5-2-1-3-6-15/h1-3,5-6,16,19H,4,7-14H2/t16-/m1/s1. The fraction of sp³-hybridized carbons (Fsp3) is 0.588. The van der Waals surface area contributed by atoms with Crippen molar-refractivity contribution in [2.75, 3.05) is 32.8 Å². The average Bonchev–Trinajstić information content (AvgIpc) is 2.55. The summed E-state index contributed by atoms with van der Waals surface area (Å²) in [6.45, 7) is 4.18. The van der Waals surface area contributed by atoms with Crippen LogP contribution in [-0.2, 0) is 20.9 Å². The molecule has 1 heterocycles. The number of aliphatic hydroxyl groups is 1. The number of ether oxygens (including phenoxy) is 2. The summed E-state index contributed by atoms with van der Waals surface area (Å²) in [6.07, 6.45) is 1.24. The summed E-state index contributed by atoms with van der Waals surface area (Å²) in [5, 5.41) is 9.99. The number of morpholine rings is 1. The Labute approximate surface area is 131 Å². The van der Waals surface area contributed by atoms with Gasteiger partial charge in [0.25, 0.3) is 0 Å². The zero-order chi connectivity index (χ0) is 15.6. The van der Waals surface area contributed by atoms with E-state index in [1.165, 1.54) is 0 Å². The first kappa shape index (κ1) is 16.9. The molecule has 5 nitrogen and oxygen atoms in total. The highest BCUT2D eigenvalue weighted by Gasteiger charge is 2.15. The molecule has 1 aromatic carbocycles. The highest BCUT2D eigenvalue weighted by atomic mass is 16.5. The fourth-order valence-electron chi connectivity index (χ4n) is 2.47. The van der Waals surface area contributed by atoms with E-state index in [0.717, 1.165) is 31.9 Å². The van der Waals surface area contributed by atoms with Crippen LogP contribution in [0.2, 0.25) is 0 Å². The smallest absolute Gasteiger partial charge is 0.306 e. The van der Waals surface area contributed by atoms with Crippen LogP contribution < -0.4 is 0 Å². The third-order valence-electron chi connectivity index (χ3n) is 3.73. The number of rotatable bonds is 8. The lowest BCUT2D eigenvalue weighted by molar-refractivity contribution is -0.145. The molecule has 122 valence electrons. The van der Waals surface area contributed by atoms with Crippen LogP contribution in [0.3, 0.4) is 0 Å². The second kappa shape index (κ2) is 9.56. The molecule has 1 atom stereocenters. The van der Waals surface area contributed by atoms with Crippen molar-refractivity contribution in [3.05, 3.63) is 35.9 Å². The first-order valence-electron chi connectivity index (χ1n) is 7.92. The van der Waals surface area contributed by atoms with E-state index in [9.17, 15) is 9.90 Å². The summed E-state index contributed by atoms with van der Waals surface area (Å²) >= 11 is 0. The van der Waals surface area contributed by atoms with Crippen LogP contribution in [0.25, 0.3) is 0 Å². The van der Waals surface area contributed by atoms with Crippen molar-refractivity contribution in [3.63, 3.8) is 0 Å². The van der Waals surface area contributed by atoms with E-state index in [4.69, 9.17) is 9.47 Å². The van der Waals surface area contributed by atoms with Gasteiger partial charge in [0, 0.05) is 26.1 Å². The maximum atomic E-state index is 11.7. The summed E-state index contributed by atoms with van der Waals surface area (Å²) in [7, 11) is 0. The Hall–Kier alpha value is -1.43. The lowest BCUT2D eigenvalue weighted by Gasteiger charge is -2.28. The lowest BCUT2D eigenvalue weighted by atomic mass is 10.1. The van der Waals surface area contributed by atoms with E-state index in [0.29, 0.717) is 32.4 Å². The minimum absolute atomic E-state index is 0.206. The van der Waals surface area contributed by atoms with E-state index in [1.54, 1.807) is 0 Å². The number of esters is 1. The summed E-state index contributed by atoms with van der Waals surface area (Å²) in [5.74, 6) is -0.206. The van der Waals surface area contributed by atoms with Crippen LogP contribution in [0.15, 0.2) is 30.3 Å². The quantitative estimate of drug-likeness (QED) is 0.739. The summed E-state index contributed by atoms with van der Waals surface area (Å²) < 4.78 is 10.5. The Kier molecular flexibility index (Phi) is 7.36. The predicted molar refractivity (Wildman–Crippen MR) is 83.4 cm³/mol. The molecule has 1 saturated heterocycles. The minimum atomic E-state index is -0.389. The molecule has 0 aliphatic carbocycles. The van der Waals surface area contributed by atoms with Gasteiger partial charge in [0.15, 0.2) is 0 Å². The highest BCUT2D eigenvalue weighted by molar-refractivity contribution is 5.69. The van der Waals surface area contributed by atoms with Gasteiger partial charge in [-0.1, -0.05) is 30.3 Å². The van der Waals surface area contributed by atoms with Gasteiger partial charge in [-0.2, -0.15) is 0 Å². The van der Waals surface area contributed by atoms with Crippen molar-refractivity contribution in [1.82, 2.24) is 4.90 Å². The van der Waals surface area contributed by atoms with Crippen LogP contribution in [0.1, 0.15) is 24.8 Å². The van der Waals surface area contributed by atoms with Crippen LogP contribution in [-0.4, -0.2) is 54.9 Å². The first-order chi connectivity index (χ1) is 10.7. The van der Waals surface area contributed by atoms with Crippen LogP contribution in [0.4, 0.5) is 0 Å². The minimum Gasteiger partial charge on any atom is -0.461 e. The van der Waals surface area contributed by atoms with Gasteiger partial charge >= 0.3 is 5.97 Å². The molecule has 0 bridgehead atoms. The summed E-state index contributed by atoms with van der Waals surface area (Å²) in [4.78, 5) is 13.9. The maximum absolute atomic E-state index is 11.7. The van der Waals surface area contributed by atoms with Crippen molar-refractivity contribution >= 4 is 5.97 Å². The van der Waals surface area contributed by atoms with Gasteiger partial charge in [-0.15, -0.1) is 0 Å². The molecule has 1 aliphatic rings. The molecule has 1 N–H and O–H groups in total. The lowest BCUT2D eigenvalue weighted by Crippen LogP contribution is -2.40. The first-order valence-corrected chi connectivity index (χ1v) is 7.92. The van der Waals surface area contributed by atoms with E-state index in [-0.39, 0.29) is 12.1 Å². The second-order valence-corrected chi connectivity index (χ2v) is 5.61. The highest BCUT2D eigenvalue weighted by Crippen LogP contribution is 2.07. The molecule has 0 saturated carbocycles. The monoisotopic (exact) mass is 307 g/mol. The van der Waals surface area contributed by atoms with Gasteiger partial charge in [-0.05, 0) is 18.4 Å². The molecule has 22 heavy (non-hydrogen) atoms. The number of carbonyl (C=O) groups excluding carboxylic acids is 1. The zero-order valence-corrected chi connectivity index (χ0v) is 12.9. The Balaban J connectivity index is 1.54. The van der Waals surface area contributed by atoms with Crippen molar-refractivity contribution in [1.29, 1.82) is 0 Å². The number of nitrogens with zero attached hydrogens (tertiary/aromatic N) is 1. The molecule has 1 aromatic rings. The van der Waals surface area contributed by atoms with Gasteiger partial charge in [-0.3, -0.25) is 9.69 Å². The number of hydrogen-bond donors (Lipinski definition) is 1. The largest absolute Gasteiger partial charge is 0.461 e. The van der Waals surface area contributed by atoms with Gasteiger partial charge in [-0.25, -0.2) is 0 Å². The SMILES string of the molecule is O=C(CCC[C@@H](O)CN1CCOCC1)OCc1ccccc1. The summed E-state index contributed by atoms with van der Waals surface area (Å²) in [5.41, 5.74) is 0.989. The molecule has 0 aromatic heterocycles. The van der Waals surface area contributed by atoms with Gasteiger partial charge in [0.1, 0.15) is 6.61 Å². The molecule has 0 radical (unpaired) electrons. The third kappa shape index (κ3) is 6.56. The molecular weight excluding hydrogens is 282 g/mol. The zero-order valence-electron chi connectivity index (χ0n) is 12.9. The van der Waals surface area contributed by atoms with Crippen LogP contribution >= 0.6 is 0 Å².